The van der Waals surface area contributed by atoms with Crippen LogP contribution in [0.3, 0.4) is 0 Å². The van der Waals surface area contributed by atoms with Gasteiger partial charge in [-0.05, 0) is 45.7 Å². The number of piperidine rings is 1. The Balaban J connectivity index is 0.00000312. The molecule has 0 unspecified atom stereocenters. The molecule has 0 saturated carbocycles. The van der Waals surface area contributed by atoms with Crippen molar-refractivity contribution in [3.05, 3.63) is 29.8 Å². The first-order valence-corrected chi connectivity index (χ1v) is 9.69. The van der Waals surface area contributed by atoms with Gasteiger partial charge in [0.05, 0.1) is 4.90 Å². The number of carbonyl (C=O) groups excluding carboxylic acids is 1. The van der Waals surface area contributed by atoms with Gasteiger partial charge in [-0.2, -0.15) is 4.31 Å². The van der Waals surface area contributed by atoms with E-state index in [0.717, 1.165) is 5.56 Å². The van der Waals surface area contributed by atoms with E-state index in [1.807, 2.05) is 20.8 Å². The van der Waals surface area contributed by atoms with Crippen molar-refractivity contribution in [2.45, 2.75) is 44.0 Å². The molecule has 0 atom stereocenters. The third-order valence-corrected chi connectivity index (χ3v) is 6.37. The van der Waals surface area contributed by atoms with Crippen molar-refractivity contribution in [3.8, 4) is 0 Å². The topological polar surface area (TPSA) is 92.5 Å². The zero-order valence-electron chi connectivity index (χ0n) is 15.0. The average molecular weight is 390 g/mol. The molecule has 1 aromatic carbocycles. The fraction of sp³-hybridized carbons (Fsp3) is 0.588. The van der Waals surface area contributed by atoms with Crippen molar-refractivity contribution in [2.24, 2.45) is 11.7 Å². The lowest BCUT2D eigenvalue weighted by Crippen LogP contribution is -2.52. The summed E-state index contributed by atoms with van der Waals surface area (Å²) in [5.74, 6) is -0.210. The molecule has 8 heteroatoms. The molecule has 1 fully saturated rings. The van der Waals surface area contributed by atoms with Gasteiger partial charge in [0.25, 0.3) is 0 Å². The number of carbonyl (C=O) groups is 1. The molecule has 1 heterocycles. The zero-order chi connectivity index (χ0) is 18.0. The van der Waals surface area contributed by atoms with Crippen molar-refractivity contribution < 1.29 is 13.2 Å². The van der Waals surface area contributed by atoms with Gasteiger partial charge in [0.15, 0.2) is 0 Å². The molecule has 0 aliphatic carbocycles. The van der Waals surface area contributed by atoms with E-state index in [2.05, 4.69) is 5.32 Å². The van der Waals surface area contributed by atoms with Crippen molar-refractivity contribution >= 4 is 28.3 Å². The largest absolute Gasteiger partial charge is 0.350 e. The van der Waals surface area contributed by atoms with E-state index >= 15 is 0 Å². The molecule has 0 radical (unpaired) electrons. The Labute approximate surface area is 156 Å². The molecular weight excluding hydrogens is 362 g/mol. The standard InChI is InChI=1S/C17H27N3O3S.ClH/c1-13-4-6-15(7-5-13)24(22,23)20-10-8-14(9-11-20)16(21)19-17(2,3)12-18;/h4-7,14H,8-12,18H2,1-3H3,(H,19,21);1H. The van der Waals surface area contributed by atoms with Crippen LogP contribution in [0.1, 0.15) is 32.3 Å². The monoisotopic (exact) mass is 389 g/mol. The summed E-state index contributed by atoms with van der Waals surface area (Å²) in [7, 11) is -3.49. The lowest BCUT2D eigenvalue weighted by Gasteiger charge is -2.33. The minimum absolute atomic E-state index is 0. The second-order valence-electron chi connectivity index (χ2n) is 7.07. The molecule has 2 rings (SSSR count). The Morgan fingerprint density at radius 2 is 1.76 bits per heavy atom. The van der Waals surface area contributed by atoms with Gasteiger partial charge in [-0.3, -0.25) is 4.79 Å². The zero-order valence-corrected chi connectivity index (χ0v) is 16.6. The first-order valence-electron chi connectivity index (χ1n) is 8.24. The highest BCUT2D eigenvalue weighted by Gasteiger charge is 2.33. The first kappa shape index (κ1) is 21.9. The maximum atomic E-state index is 12.7. The molecule has 1 amide bonds. The van der Waals surface area contributed by atoms with E-state index in [9.17, 15) is 13.2 Å². The molecule has 1 aromatic rings. The highest BCUT2D eigenvalue weighted by Crippen LogP contribution is 2.24. The summed E-state index contributed by atoms with van der Waals surface area (Å²) >= 11 is 0. The number of rotatable bonds is 5. The van der Waals surface area contributed by atoms with Gasteiger partial charge in [-0.1, -0.05) is 17.7 Å². The van der Waals surface area contributed by atoms with E-state index in [1.54, 1.807) is 24.3 Å². The molecule has 1 aliphatic rings. The Bertz CT molecular complexity index is 682. The lowest BCUT2D eigenvalue weighted by molar-refractivity contribution is -0.127. The smallest absolute Gasteiger partial charge is 0.243 e. The van der Waals surface area contributed by atoms with Crippen molar-refractivity contribution in [2.75, 3.05) is 19.6 Å². The summed E-state index contributed by atoms with van der Waals surface area (Å²) in [4.78, 5) is 12.6. The van der Waals surface area contributed by atoms with Crippen LogP contribution in [-0.2, 0) is 14.8 Å². The molecule has 0 bridgehead atoms. The van der Waals surface area contributed by atoms with Gasteiger partial charge in [0.1, 0.15) is 0 Å². The second-order valence-corrected chi connectivity index (χ2v) is 9.01. The van der Waals surface area contributed by atoms with Crippen LogP contribution in [0.2, 0.25) is 0 Å². The van der Waals surface area contributed by atoms with Crippen LogP contribution >= 0.6 is 12.4 Å². The predicted octanol–water partition coefficient (Wildman–Crippen LogP) is 1.67. The highest BCUT2D eigenvalue weighted by molar-refractivity contribution is 7.89. The number of hydrogen-bond donors (Lipinski definition) is 2. The third-order valence-electron chi connectivity index (χ3n) is 4.46. The number of benzene rings is 1. The quantitative estimate of drug-likeness (QED) is 0.801. The van der Waals surface area contributed by atoms with Gasteiger partial charge in [0, 0.05) is 31.1 Å². The Morgan fingerprint density at radius 3 is 2.24 bits per heavy atom. The molecule has 6 nitrogen and oxygen atoms in total. The molecule has 0 spiro atoms. The van der Waals surface area contributed by atoms with Crippen LogP contribution in [0.25, 0.3) is 0 Å². The summed E-state index contributed by atoms with van der Waals surface area (Å²) in [6.45, 7) is 6.75. The summed E-state index contributed by atoms with van der Waals surface area (Å²) in [5.41, 5.74) is 6.21. The molecule has 3 N–H and O–H groups in total. The minimum Gasteiger partial charge on any atom is -0.350 e. The summed E-state index contributed by atoms with van der Waals surface area (Å²) in [5, 5.41) is 2.94. The van der Waals surface area contributed by atoms with Crippen molar-refractivity contribution in [3.63, 3.8) is 0 Å². The minimum atomic E-state index is -3.49. The Kier molecular flexibility index (Phi) is 7.43. The summed E-state index contributed by atoms with van der Waals surface area (Å²) in [6, 6.07) is 6.85. The molecular formula is C17H28ClN3O3S. The van der Waals surface area contributed by atoms with Crippen LogP contribution in [0.4, 0.5) is 0 Å². The van der Waals surface area contributed by atoms with Crippen LogP contribution in [-0.4, -0.2) is 43.8 Å². The number of amides is 1. The van der Waals surface area contributed by atoms with Crippen LogP contribution < -0.4 is 11.1 Å². The number of hydrogen-bond acceptors (Lipinski definition) is 4. The van der Waals surface area contributed by atoms with Crippen molar-refractivity contribution in [1.29, 1.82) is 0 Å². The molecule has 1 saturated heterocycles. The van der Waals surface area contributed by atoms with E-state index in [0.29, 0.717) is 37.4 Å². The number of nitrogens with one attached hydrogen (secondary N) is 1. The molecule has 25 heavy (non-hydrogen) atoms. The van der Waals surface area contributed by atoms with E-state index in [1.165, 1.54) is 4.31 Å². The number of sulfonamides is 1. The lowest BCUT2D eigenvalue weighted by atomic mass is 9.95. The SMILES string of the molecule is Cc1ccc(S(=O)(=O)N2CCC(C(=O)NC(C)(C)CN)CC2)cc1.Cl. The number of nitrogens with zero attached hydrogens (tertiary/aromatic N) is 1. The normalized spacial score (nSPS) is 17.0. The summed E-state index contributed by atoms with van der Waals surface area (Å²) < 4.78 is 26.8. The fourth-order valence-electron chi connectivity index (χ4n) is 2.70. The van der Waals surface area contributed by atoms with E-state index in [4.69, 9.17) is 5.73 Å². The molecule has 0 aromatic heterocycles. The fourth-order valence-corrected chi connectivity index (χ4v) is 4.17. The van der Waals surface area contributed by atoms with Gasteiger partial charge >= 0.3 is 0 Å². The maximum Gasteiger partial charge on any atom is 0.243 e. The third kappa shape index (κ3) is 5.41. The van der Waals surface area contributed by atoms with Crippen LogP contribution in [0, 0.1) is 12.8 Å². The average Bonchev–Trinajstić information content (AvgIpc) is 2.55. The van der Waals surface area contributed by atoms with Gasteiger partial charge in [-0.15, -0.1) is 12.4 Å². The second kappa shape index (κ2) is 8.49. The number of nitrogens with two attached hydrogens (primary N) is 1. The Morgan fingerprint density at radius 1 is 1.24 bits per heavy atom. The predicted molar refractivity (Wildman–Crippen MR) is 101 cm³/mol. The van der Waals surface area contributed by atoms with E-state index in [-0.39, 0.29) is 24.2 Å². The van der Waals surface area contributed by atoms with Crippen LogP contribution in [0.5, 0.6) is 0 Å². The maximum absolute atomic E-state index is 12.7. The van der Waals surface area contributed by atoms with Gasteiger partial charge < -0.3 is 11.1 Å². The highest BCUT2D eigenvalue weighted by atomic mass is 35.5. The number of aryl methyl sites for hydroxylation is 1. The van der Waals surface area contributed by atoms with E-state index < -0.39 is 15.6 Å². The molecule has 1 aliphatic heterocycles. The van der Waals surface area contributed by atoms with Gasteiger partial charge in [0.2, 0.25) is 15.9 Å². The Hall–Kier alpha value is -1.15. The van der Waals surface area contributed by atoms with Gasteiger partial charge in [-0.25, -0.2) is 8.42 Å². The van der Waals surface area contributed by atoms with Crippen molar-refractivity contribution in [1.82, 2.24) is 9.62 Å². The summed E-state index contributed by atoms with van der Waals surface area (Å²) in [6.07, 6.45) is 1.05. The number of halogens is 1. The van der Waals surface area contributed by atoms with Crippen LogP contribution in [0.15, 0.2) is 29.2 Å². The molecule has 142 valence electrons. The first-order chi connectivity index (χ1) is 11.2.